The van der Waals surface area contributed by atoms with Gasteiger partial charge in [-0.05, 0) is 24.3 Å². The topological polar surface area (TPSA) is 84.7 Å². The van der Waals surface area contributed by atoms with Crippen molar-refractivity contribution in [1.82, 2.24) is 0 Å². The zero-order valence-corrected chi connectivity index (χ0v) is 14.9. The highest BCUT2D eigenvalue weighted by atomic mass is 79.9. The van der Waals surface area contributed by atoms with E-state index in [1.54, 1.807) is 24.3 Å². The predicted molar refractivity (Wildman–Crippen MR) is 98.2 cm³/mol. The summed E-state index contributed by atoms with van der Waals surface area (Å²) in [6, 6.07) is 11.5. The van der Waals surface area contributed by atoms with E-state index in [0.29, 0.717) is 43.2 Å². The molecule has 1 fully saturated rings. The minimum Gasteiger partial charge on any atom is -0.378 e. The molecule has 2 aromatic rings. The van der Waals surface area contributed by atoms with Crippen LogP contribution in [0.5, 0.6) is 0 Å². The van der Waals surface area contributed by atoms with E-state index in [0.717, 1.165) is 4.47 Å². The lowest BCUT2D eigenvalue weighted by molar-refractivity contribution is -0.384. The van der Waals surface area contributed by atoms with E-state index in [9.17, 15) is 14.9 Å². The summed E-state index contributed by atoms with van der Waals surface area (Å²) < 4.78 is 6.14. The minimum absolute atomic E-state index is 0.0121. The Morgan fingerprint density at radius 3 is 2.64 bits per heavy atom. The standard InChI is InChI=1S/C17H16BrN3O4/c18-13-3-1-2-12(10-13)17(22)19-15-5-4-14(21(23)24)11-16(15)20-6-8-25-9-7-20/h1-5,10-11H,6-9H2,(H,19,22). The number of morpholine rings is 1. The first-order chi connectivity index (χ1) is 12.0. The van der Waals surface area contributed by atoms with E-state index in [1.165, 1.54) is 12.1 Å². The Labute approximate surface area is 152 Å². The number of anilines is 2. The fourth-order valence-corrected chi connectivity index (χ4v) is 3.03. The van der Waals surface area contributed by atoms with Crippen molar-refractivity contribution in [3.63, 3.8) is 0 Å². The molecule has 25 heavy (non-hydrogen) atoms. The Morgan fingerprint density at radius 2 is 1.96 bits per heavy atom. The first-order valence-electron chi connectivity index (χ1n) is 7.72. The number of amides is 1. The largest absolute Gasteiger partial charge is 0.378 e. The van der Waals surface area contributed by atoms with Gasteiger partial charge in [-0.1, -0.05) is 22.0 Å². The van der Waals surface area contributed by atoms with E-state index in [-0.39, 0.29) is 11.6 Å². The molecule has 0 saturated carbocycles. The SMILES string of the molecule is O=C(Nc1ccc([N+](=O)[O-])cc1N1CCOCC1)c1cccc(Br)c1. The summed E-state index contributed by atoms with van der Waals surface area (Å²) in [5.41, 5.74) is 1.65. The Bertz CT molecular complexity index is 806. The van der Waals surface area contributed by atoms with E-state index in [2.05, 4.69) is 21.2 Å². The summed E-state index contributed by atoms with van der Waals surface area (Å²) in [4.78, 5) is 25.1. The van der Waals surface area contributed by atoms with E-state index in [4.69, 9.17) is 4.74 Å². The summed E-state index contributed by atoms with van der Waals surface area (Å²) in [7, 11) is 0. The third-order valence-electron chi connectivity index (χ3n) is 3.88. The summed E-state index contributed by atoms with van der Waals surface area (Å²) in [5.74, 6) is -0.273. The highest BCUT2D eigenvalue weighted by Crippen LogP contribution is 2.31. The van der Waals surface area contributed by atoms with Crippen LogP contribution < -0.4 is 10.2 Å². The van der Waals surface area contributed by atoms with Gasteiger partial charge >= 0.3 is 0 Å². The lowest BCUT2D eigenvalue weighted by atomic mass is 10.1. The Balaban J connectivity index is 1.91. The van der Waals surface area contributed by atoms with Gasteiger partial charge in [-0.15, -0.1) is 0 Å². The summed E-state index contributed by atoms with van der Waals surface area (Å²) >= 11 is 3.34. The van der Waals surface area contributed by atoms with Crippen molar-refractivity contribution in [3.05, 3.63) is 62.6 Å². The Hall–Kier alpha value is -2.45. The quantitative estimate of drug-likeness (QED) is 0.621. The van der Waals surface area contributed by atoms with Gasteiger partial charge in [0.05, 0.1) is 29.5 Å². The Kier molecular flexibility index (Phi) is 5.30. The van der Waals surface area contributed by atoms with Crippen LogP contribution in [0.2, 0.25) is 0 Å². The Morgan fingerprint density at radius 1 is 1.20 bits per heavy atom. The van der Waals surface area contributed by atoms with Crippen LogP contribution in [-0.4, -0.2) is 37.1 Å². The molecule has 8 heteroatoms. The first kappa shape index (κ1) is 17.4. The molecule has 1 aliphatic rings. The van der Waals surface area contributed by atoms with Crippen LogP contribution in [0.1, 0.15) is 10.4 Å². The smallest absolute Gasteiger partial charge is 0.271 e. The van der Waals surface area contributed by atoms with Gasteiger partial charge in [0, 0.05) is 35.3 Å². The van der Waals surface area contributed by atoms with Gasteiger partial charge in [-0.3, -0.25) is 14.9 Å². The third-order valence-corrected chi connectivity index (χ3v) is 4.37. The maximum atomic E-state index is 12.5. The van der Waals surface area contributed by atoms with Crippen molar-refractivity contribution in [1.29, 1.82) is 0 Å². The normalized spacial score (nSPS) is 14.2. The number of carbonyl (C=O) groups is 1. The number of ether oxygens (including phenoxy) is 1. The van der Waals surface area contributed by atoms with Gasteiger partial charge in [0.1, 0.15) is 0 Å². The third kappa shape index (κ3) is 4.15. The zero-order valence-electron chi connectivity index (χ0n) is 13.3. The number of halogens is 1. The molecule has 0 spiro atoms. The molecule has 130 valence electrons. The van der Waals surface area contributed by atoms with Crippen LogP contribution >= 0.6 is 15.9 Å². The van der Waals surface area contributed by atoms with Crippen LogP contribution in [0, 0.1) is 10.1 Å². The molecule has 1 aliphatic heterocycles. The van der Waals surface area contributed by atoms with Crippen molar-refractivity contribution >= 4 is 38.9 Å². The molecule has 0 atom stereocenters. The second-order valence-corrected chi connectivity index (χ2v) is 6.44. The molecule has 7 nitrogen and oxygen atoms in total. The number of nitro groups is 1. The average Bonchev–Trinajstić information content (AvgIpc) is 2.62. The second kappa shape index (κ2) is 7.62. The predicted octanol–water partition coefficient (Wildman–Crippen LogP) is 3.45. The molecule has 0 bridgehead atoms. The number of nitro benzene ring substituents is 1. The van der Waals surface area contributed by atoms with E-state index in [1.807, 2.05) is 11.0 Å². The van der Waals surface area contributed by atoms with Crippen molar-refractivity contribution in [2.75, 3.05) is 36.5 Å². The molecule has 0 aromatic heterocycles. The molecule has 2 aromatic carbocycles. The van der Waals surface area contributed by atoms with E-state index >= 15 is 0 Å². The molecule has 0 unspecified atom stereocenters. The molecule has 1 N–H and O–H groups in total. The lowest BCUT2D eigenvalue weighted by Gasteiger charge is -2.30. The summed E-state index contributed by atoms with van der Waals surface area (Å²) in [6.07, 6.45) is 0. The fraction of sp³-hybridized carbons (Fsp3) is 0.235. The number of hydrogen-bond acceptors (Lipinski definition) is 5. The molecule has 1 heterocycles. The lowest BCUT2D eigenvalue weighted by Crippen LogP contribution is -2.36. The molecule has 1 amide bonds. The average molecular weight is 406 g/mol. The van der Waals surface area contributed by atoms with Gasteiger partial charge in [-0.2, -0.15) is 0 Å². The van der Waals surface area contributed by atoms with Crippen LogP contribution in [0.15, 0.2) is 46.9 Å². The van der Waals surface area contributed by atoms with Gasteiger partial charge in [0.2, 0.25) is 0 Å². The van der Waals surface area contributed by atoms with E-state index < -0.39 is 4.92 Å². The van der Waals surface area contributed by atoms with Crippen LogP contribution in [0.4, 0.5) is 17.1 Å². The van der Waals surface area contributed by atoms with Gasteiger partial charge in [-0.25, -0.2) is 0 Å². The monoisotopic (exact) mass is 405 g/mol. The number of nitrogens with zero attached hydrogens (tertiary/aromatic N) is 2. The fourth-order valence-electron chi connectivity index (χ4n) is 2.63. The zero-order chi connectivity index (χ0) is 17.8. The maximum Gasteiger partial charge on any atom is 0.271 e. The van der Waals surface area contributed by atoms with Crippen LogP contribution in [0.3, 0.4) is 0 Å². The highest BCUT2D eigenvalue weighted by molar-refractivity contribution is 9.10. The minimum atomic E-state index is -0.441. The van der Waals surface area contributed by atoms with Gasteiger partial charge in [0.15, 0.2) is 0 Å². The summed E-state index contributed by atoms with van der Waals surface area (Å²) in [5, 5.41) is 14.0. The van der Waals surface area contributed by atoms with Crippen molar-refractivity contribution in [2.24, 2.45) is 0 Å². The highest BCUT2D eigenvalue weighted by Gasteiger charge is 2.20. The van der Waals surface area contributed by atoms with Crippen molar-refractivity contribution < 1.29 is 14.5 Å². The molecule has 0 radical (unpaired) electrons. The maximum absolute atomic E-state index is 12.5. The molecular weight excluding hydrogens is 390 g/mol. The number of benzene rings is 2. The van der Waals surface area contributed by atoms with Crippen LogP contribution in [-0.2, 0) is 4.74 Å². The molecule has 0 aliphatic carbocycles. The van der Waals surface area contributed by atoms with Gasteiger partial charge < -0.3 is 15.0 Å². The first-order valence-corrected chi connectivity index (χ1v) is 8.52. The molecule has 1 saturated heterocycles. The van der Waals surface area contributed by atoms with Crippen molar-refractivity contribution in [3.8, 4) is 0 Å². The van der Waals surface area contributed by atoms with Gasteiger partial charge in [0.25, 0.3) is 11.6 Å². The second-order valence-electron chi connectivity index (χ2n) is 5.52. The number of hydrogen-bond donors (Lipinski definition) is 1. The molecular formula is C17H16BrN3O4. The summed E-state index contributed by atoms with van der Waals surface area (Å²) in [6.45, 7) is 2.31. The number of nitrogens with one attached hydrogen (secondary N) is 1. The van der Waals surface area contributed by atoms with Crippen molar-refractivity contribution in [2.45, 2.75) is 0 Å². The van der Waals surface area contributed by atoms with Crippen LogP contribution in [0.25, 0.3) is 0 Å². The number of carbonyl (C=O) groups excluding carboxylic acids is 1. The number of rotatable bonds is 4. The number of non-ortho nitro benzene ring substituents is 1. The molecule has 3 rings (SSSR count).